The Morgan fingerprint density at radius 1 is 1.29 bits per heavy atom. The number of hydrogen-bond donors (Lipinski definition) is 2. The third kappa shape index (κ3) is 3.96. The van der Waals surface area contributed by atoms with Gasteiger partial charge in [0.15, 0.2) is 0 Å². The van der Waals surface area contributed by atoms with Crippen molar-refractivity contribution in [1.82, 2.24) is 15.2 Å². The molecule has 24 heavy (non-hydrogen) atoms. The number of aryl methyl sites for hydroxylation is 2. The highest BCUT2D eigenvalue weighted by Gasteiger charge is 2.35. The average molecular weight is 353 g/mol. The Morgan fingerprint density at radius 2 is 2.00 bits per heavy atom. The number of hydrogen-bond acceptors (Lipinski definition) is 6. The number of carbonyl (C=O) groups is 1. The molecule has 0 aromatic carbocycles. The summed E-state index contributed by atoms with van der Waals surface area (Å²) in [7, 11) is 0. The number of ether oxygens (including phenoxy) is 1. The maximum absolute atomic E-state index is 12.6. The Labute approximate surface area is 147 Å². The summed E-state index contributed by atoms with van der Waals surface area (Å²) in [4.78, 5) is 19.9. The number of nitrogens with zero attached hydrogens (tertiary/aromatic N) is 2. The van der Waals surface area contributed by atoms with Crippen LogP contribution in [0.4, 0.5) is 0 Å². The van der Waals surface area contributed by atoms with Gasteiger partial charge in [0.1, 0.15) is 4.88 Å². The number of nitrogens with one attached hydrogen (secondary N) is 1. The average Bonchev–Trinajstić information content (AvgIpc) is 2.81. The summed E-state index contributed by atoms with van der Waals surface area (Å²) in [5.41, 5.74) is 0.767. The minimum Gasteiger partial charge on any atom is -0.389 e. The second-order valence-corrected chi connectivity index (χ2v) is 7.92. The molecular weight excluding hydrogens is 326 g/mol. The van der Waals surface area contributed by atoms with Crippen molar-refractivity contribution in [2.45, 2.75) is 57.7 Å². The maximum Gasteiger partial charge on any atom is 0.263 e. The van der Waals surface area contributed by atoms with Gasteiger partial charge in [0, 0.05) is 19.1 Å². The second-order valence-electron chi connectivity index (χ2n) is 6.72. The molecule has 1 aromatic heterocycles. The highest BCUT2D eigenvalue weighted by Crippen LogP contribution is 2.25. The minimum absolute atomic E-state index is 0.103. The van der Waals surface area contributed by atoms with E-state index < -0.39 is 6.10 Å². The summed E-state index contributed by atoms with van der Waals surface area (Å²) in [6.07, 6.45) is 3.38. The predicted molar refractivity (Wildman–Crippen MR) is 93.5 cm³/mol. The van der Waals surface area contributed by atoms with Crippen molar-refractivity contribution in [3.8, 4) is 0 Å². The molecule has 3 atom stereocenters. The van der Waals surface area contributed by atoms with Crippen molar-refractivity contribution in [1.29, 1.82) is 0 Å². The second kappa shape index (κ2) is 7.91. The Balaban J connectivity index is 1.69. The summed E-state index contributed by atoms with van der Waals surface area (Å²) in [6, 6.07) is -0.0966. The van der Waals surface area contributed by atoms with Gasteiger partial charge in [-0.15, -0.1) is 11.3 Å². The van der Waals surface area contributed by atoms with Gasteiger partial charge in [0.25, 0.3) is 5.91 Å². The molecule has 1 aliphatic heterocycles. The van der Waals surface area contributed by atoms with Gasteiger partial charge in [0.2, 0.25) is 0 Å². The molecule has 1 aromatic rings. The van der Waals surface area contributed by atoms with E-state index in [0.717, 1.165) is 62.7 Å². The van der Waals surface area contributed by atoms with E-state index in [1.165, 1.54) is 11.3 Å². The summed E-state index contributed by atoms with van der Waals surface area (Å²) in [6.45, 7) is 6.92. The molecule has 2 aliphatic rings. The molecular formula is C17H27N3O3S. The number of thiazole rings is 1. The molecule has 2 heterocycles. The van der Waals surface area contributed by atoms with Gasteiger partial charge in [-0.25, -0.2) is 4.98 Å². The Hall–Kier alpha value is -1.02. The molecule has 2 N–H and O–H groups in total. The first-order valence-electron chi connectivity index (χ1n) is 8.81. The lowest BCUT2D eigenvalue weighted by molar-refractivity contribution is -0.0308. The molecule has 1 amide bonds. The van der Waals surface area contributed by atoms with Crippen molar-refractivity contribution in [3.05, 3.63) is 15.6 Å². The third-order valence-electron chi connectivity index (χ3n) is 5.01. The van der Waals surface area contributed by atoms with Crippen LogP contribution in [0.5, 0.6) is 0 Å². The van der Waals surface area contributed by atoms with Gasteiger partial charge in [0.05, 0.1) is 36.1 Å². The van der Waals surface area contributed by atoms with Crippen LogP contribution in [0, 0.1) is 13.8 Å². The molecule has 0 bridgehead atoms. The zero-order chi connectivity index (χ0) is 17.1. The topological polar surface area (TPSA) is 74.7 Å². The highest BCUT2D eigenvalue weighted by molar-refractivity contribution is 7.13. The fourth-order valence-corrected chi connectivity index (χ4v) is 4.59. The van der Waals surface area contributed by atoms with Crippen molar-refractivity contribution in [2.24, 2.45) is 0 Å². The van der Waals surface area contributed by atoms with E-state index in [9.17, 15) is 9.90 Å². The largest absolute Gasteiger partial charge is 0.389 e. The summed E-state index contributed by atoms with van der Waals surface area (Å²) >= 11 is 1.41. The Morgan fingerprint density at radius 3 is 2.67 bits per heavy atom. The van der Waals surface area contributed by atoms with Crippen LogP contribution in [0.1, 0.15) is 46.1 Å². The molecule has 7 heteroatoms. The van der Waals surface area contributed by atoms with E-state index in [-0.39, 0.29) is 18.0 Å². The summed E-state index contributed by atoms with van der Waals surface area (Å²) in [5.74, 6) is -0.107. The van der Waals surface area contributed by atoms with E-state index in [1.54, 1.807) is 0 Å². The fourth-order valence-electron chi connectivity index (χ4n) is 3.77. The van der Waals surface area contributed by atoms with Crippen LogP contribution in [0.3, 0.4) is 0 Å². The maximum atomic E-state index is 12.6. The fraction of sp³-hybridized carbons (Fsp3) is 0.765. The zero-order valence-corrected chi connectivity index (χ0v) is 15.3. The molecule has 134 valence electrons. The van der Waals surface area contributed by atoms with Gasteiger partial charge in [-0.1, -0.05) is 12.8 Å². The molecule has 0 radical (unpaired) electrons. The van der Waals surface area contributed by atoms with Crippen LogP contribution < -0.4 is 5.32 Å². The normalized spacial score (nSPS) is 29.2. The molecule has 1 aliphatic carbocycles. The number of amides is 1. The zero-order valence-electron chi connectivity index (χ0n) is 14.5. The highest BCUT2D eigenvalue weighted by atomic mass is 32.1. The number of rotatable bonds is 3. The van der Waals surface area contributed by atoms with E-state index >= 15 is 0 Å². The monoisotopic (exact) mass is 353 g/mol. The number of aliphatic hydroxyl groups excluding tert-OH is 1. The molecule has 0 unspecified atom stereocenters. The number of aliphatic hydroxyl groups is 1. The first kappa shape index (κ1) is 17.8. The van der Waals surface area contributed by atoms with E-state index in [1.807, 2.05) is 13.8 Å². The van der Waals surface area contributed by atoms with Crippen LogP contribution in [0.25, 0.3) is 0 Å². The summed E-state index contributed by atoms with van der Waals surface area (Å²) < 4.78 is 5.42. The van der Waals surface area contributed by atoms with Crippen molar-refractivity contribution in [3.63, 3.8) is 0 Å². The van der Waals surface area contributed by atoms with Gasteiger partial charge in [-0.2, -0.15) is 0 Å². The SMILES string of the molecule is Cc1nc(C)c(C(=O)N[C@@H]2CCCC[C@@H](N3CCOCC3)[C@@H]2O)s1. The quantitative estimate of drug-likeness (QED) is 0.806. The Bertz CT molecular complexity index is 571. The Kier molecular flexibility index (Phi) is 5.86. The van der Waals surface area contributed by atoms with E-state index in [0.29, 0.717) is 4.88 Å². The third-order valence-corrected chi connectivity index (χ3v) is 6.08. The van der Waals surface area contributed by atoms with Crippen molar-refractivity contribution in [2.75, 3.05) is 26.3 Å². The van der Waals surface area contributed by atoms with Crippen LogP contribution in [-0.4, -0.2) is 65.4 Å². The minimum atomic E-state index is -0.538. The molecule has 1 saturated heterocycles. The number of aromatic nitrogens is 1. The van der Waals surface area contributed by atoms with E-state index in [2.05, 4.69) is 15.2 Å². The molecule has 2 fully saturated rings. The van der Waals surface area contributed by atoms with Crippen molar-refractivity contribution < 1.29 is 14.6 Å². The van der Waals surface area contributed by atoms with Crippen molar-refractivity contribution >= 4 is 17.2 Å². The molecule has 1 saturated carbocycles. The summed E-state index contributed by atoms with van der Waals surface area (Å²) in [5, 5.41) is 14.9. The van der Waals surface area contributed by atoms with Gasteiger partial charge in [-0.3, -0.25) is 9.69 Å². The predicted octanol–water partition coefficient (Wildman–Crippen LogP) is 1.49. The lowest BCUT2D eigenvalue weighted by Gasteiger charge is -2.38. The van der Waals surface area contributed by atoms with Crippen LogP contribution in [-0.2, 0) is 4.74 Å². The van der Waals surface area contributed by atoms with E-state index in [4.69, 9.17) is 4.74 Å². The molecule has 0 spiro atoms. The number of morpholine rings is 1. The van der Waals surface area contributed by atoms with Crippen LogP contribution in [0.15, 0.2) is 0 Å². The molecule has 3 rings (SSSR count). The smallest absolute Gasteiger partial charge is 0.263 e. The first-order chi connectivity index (χ1) is 11.6. The van der Waals surface area contributed by atoms with Crippen LogP contribution >= 0.6 is 11.3 Å². The van der Waals surface area contributed by atoms with Gasteiger partial charge in [-0.05, 0) is 26.7 Å². The molecule has 6 nitrogen and oxygen atoms in total. The van der Waals surface area contributed by atoms with Crippen LogP contribution in [0.2, 0.25) is 0 Å². The standard InChI is InChI=1S/C17H27N3O3S/c1-11-16(24-12(2)18-11)17(22)19-13-5-3-4-6-14(15(13)21)20-7-9-23-10-8-20/h13-15,21H,3-10H2,1-2H3,(H,19,22)/t13-,14-,15-/m1/s1. The lowest BCUT2D eigenvalue weighted by atomic mass is 9.99. The first-order valence-corrected chi connectivity index (χ1v) is 9.62. The van der Waals surface area contributed by atoms with Gasteiger partial charge < -0.3 is 15.2 Å². The lowest BCUT2D eigenvalue weighted by Crippen LogP contribution is -2.55. The number of carbonyl (C=O) groups excluding carboxylic acids is 1. The van der Waals surface area contributed by atoms with Gasteiger partial charge >= 0.3 is 0 Å².